The molecule has 1 saturated heterocycles. The maximum Gasteiger partial charge on any atom is 0.306 e. The SMILES string of the molecule is CCCCCCCCCCCCCC#CC#CCCCCCCCCC(=O)OC(C)(C)C1CCNCC1. The first-order chi connectivity index (χ1) is 18.1. The van der Waals surface area contributed by atoms with E-state index >= 15 is 0 Å². The van der Waals surface area contributed by atoms with Gasteiger partial charge < -0.3 is 10.1 Å². The van der Waals surface area contributed by atoms with E-state index in [0.29, 0.717) is 12.3 Å². The van der Waals surface area contributed by atoms with Gasteiger partial charge in [0.1, 0.15) is 5.60 Å². The van der Waals surface area contributed by atoms with Gasteiger partial charge in [0.05, 0.1) is 0 Å². The molecule has 0 atom stereocenters. The van der Waals surface area contributed by atoms with Crippen LogP contribution in [0.15, 0.2) is 0 Å². The Hall–Kier alpha value is -1.45. The molecule has 1 heterocycles. The summed E-state index contributed by atoms with van der Waals surface area (Å²) in [5.74, 6) is 12.9. The van der Waals surface area contributed by atoms with Crippen LogP contribution in [0, 0.1) is 29.6 Å². The number of carbonyl (C=O) groups is 1. The average molecular weight is 514 g/mol. The van der Waals surface area contributed by atoms with Crippen molar-refractivity contribution in [3.05, 3.63) is 0 Å². The first kappa shape index (κ1) is 33.6. The monoisotopic (exact) mass is 513 g/mol. The molecule has 0 unspecified atom stereocenters. The maximum absolute atomic E-state index is 12.3. The summed E-state index contributed by atoms with van der Waals surface area (Å²) in [6.07, 6.45) is 26.7. The minimum Gasteiger partial charge on any atom is -0.459 e. The van der Waals surface area contributed by atoms with Crippen LogP contribution in [0.5, 0.6) is 0 Å². The molecule has 0 aliphatic carbocycles. The highest BCUT2D eigenvalue weighted by Gasteiger charge is 2.33. The molecule has 1 N–H and O–H groups in total. The van der Waals surface area contributed by atoms with E-state index < -0.39 is 0 Å². The maximum atomic E-state index is 12.3. The fourth-order valence-electron chi connectivity index (χ4n) is 5.23. The van der Waals surface area contributed by atoms with Gasteiger partial charge in [-0.05, 0) is 70.9 Å². The van der Waals surface area contributed by atoms with Crippen LogP contribution in [0.2, 0.25) is 0 Å². The van der Waals surface area contributed by atoms with Crippen molar-refractivity contribution in [2.45, 2.75) is 168 Å². The molecule has 3 nitrogen and oxygen atoms in total. The van der Waals surface area contributed by atoms with Crippen LogP contribution < -0.4 is 5.32 Å². The van der Waals surface area contributed by atoms with Gasteiger partial charge >= 0.3 is 5.97 Å². The minimum absolute atomic E-state index is 0.0246. The highest BCUT2D eigenvalue weighted by atomic mass is 16.6. The summed E-state index contributed by atoms with van der Waals surface area (Å²) in [6.45, 7) is 8.50. The van der Waals surface area contributed by atoms with E-state index in [0.717, 1.165) is 58.0 Å². The molecule has 0 aromatic carbocycles. The molecule has 0 radical (unpaired) electrons. The van der Waals surface area contributed by atoms with Crippen molar-refractivity contribution in [2.24, 2.45) is 5.92 Å². The van der Waals surface area contributed by atoms with Crippen LogP contribution >= 0.6 is 0 Å². The van der Waals surface area contributed by atoms with Crippen molar-refractivity contribution >= 4 is 5.97 Å². The van der Waals surface area contributed by atoms with Crippen LogP contribution in [0.25, 0.3) is 0 Å². The van der Waals surface area contributed by atoms with Gasteiger partial charge in [-0.15, -0.1) is 0 Å². The Morgan fingerprint density at radius 1 is 0.703 bits per heavy atom. The summed E-state index contributed by atoms with van der Waals surface area (Å²) in [5, 5.41) is 3.38. The van der Waals surface area contributed by atoms with Crippen molar-refractivity contribution in [3.8, 4) is 23.7 Å². The number of carbonyl (C=O) groups excluding carboxylic acids is 1. The zero-order valence-electron chi connectivity index (χ0n) is 24.9. The van der Waals surface area contributed by atoms with Crippen molar-refractivity contribution in [2.75, 3.05) is 13.1 Å². The highest BCUT2D eigenvalue weighted by Crippen LogP contribution is 2.29. The standard InChI is InChI=1S/C34H59NO2/c1-4-5-6-7-8-9-10-11-12-13-14-15-16-17-18-19-20-21-22-23-24-25-26-27-33(36)37-34(2,3)32-28-30-35-31-29-32/h32,35H,4-15,20-31H2,1-3H3. The molecule has 1 rings (SSSR count). The summed E-state index contributed by atoms with van der Waals surface area (Å²) in [7, 11) is 0. The van der Waals surface area contributed by atoms with Gasteiger partial charge in [0.25, 0.3) is 0 Å². The molecule has 0 saturated carbocycles. The van der Waals surface area contributed by atoms with Gasteiger partial charge in [-0.25, -0.2) is 0 Å². The Morgan fingerprint density at radius 3 is 1.62 bits per heavy atom. The fraction of sp³-hybridized carbons (Fsp3) is 0.853. The van der Waals surface area contributed by atoms with Gasteiger partial charge in [-0.2, -0.15) is 0 Å². The Balaban J connectivity index is 1.86. The summed E-state index contributed by atoms with van der Waals surface area (Å²) in [4.78, 5) is 12.3. The average Bonchev–Trinajstić information content (AvgIpc) is 2.89. The van der Waals surface area contributed by atoms with Gasteiger partial charge in [-0.3, -0.25) is 4.79 Å². The normalized spacial score (nSPS) is 13.9. The van der Waals surface area contributed by atoms with Gasteiger partial charge in [0.15, 0.2) is 0 Å². The molecule has 1 fully saturated rings. The second-order valence-electron chi connectivity index (χ2n) is 11.6. The molecule has 0 spiro atoms. The molecule has 1 aliphatic heterocycles. The molecule has 0 bridgehead atoms. The molecule has 0 amide bonds. The number of unbranched alkanes of at least 4 members (excludes halogenated alkanes) is 17. The quantitative estimate of drug-likeness (QED) is 0.0944. The zero-order valence-corrected chi connectivity index (χ0v) is 24.9. The Bertz CT molecular complexity index is 669. The number of piperidine rings is 1. The topological polar surface area (TPSA) is 38.3 Å². The molecule has 37 heavy (non-hydrogen) atoms. The third kappa shape index (κ3) is 20.2. The first-order valence-corrected chi connectivity index (χ1v) is 15.9. The number of nitrogens with one attached hydrogen (secondary N) is 1. The van der Waals surface area contributed by atoms with E-state index in [1.807, 2.05) is 0 Å². The van der Waals surface area contributed by atoms with E-state index in [2.05, 4.69) is 49.8 Å². The number of hydrogen-bond acceptors (Lipinski definition) is 3. The van der Waals surface area contributed by atoms with Crippen LogP contribution in [-0.2, 0) is 9.53 Å². The molecular weight excluding hydrogens is 454 g/mol. The number of esters is 1. The van der Waals surface area contributed by atoms with Crippen molar-refractivity contribution < 1.29 is 9.53 Å². The van der Waals surface area contributed by atoms with Gasteiger partial charge in [0, 0.05) is 25.2 Å². The highest BCUT2D eigenvalue weighted by molar-refractivity contribution is 5.69. The molecule has 0 aromatic heterocycles. The zero-order chi connectivity index (χ0) is 26.9. The second-order valence-corrected chi connectivity index (χ2v) is 11.6. The Morgan fingerprint density at radius 2 is 1.14 bits per heavy atom. The number of hydrogen-bond donors (Lipinski definition) is 1. The van der Waals surface area contributed by atoms with E-state index in [-0.39, 0.29) is 11.6 Å². The lowest BCUT2D eigenvalue weighted by Gasteiger charge is -2.36. The molecule has 3 heteroatoms. The van der Waals surface area contributed by atoms with Crippen LogP contribution in [-0.4, -0.2) is 24.7 Å². The summed E-state index contributed by atoms with van der Waals surface area (Å²) >= 11 is 0. The second kappa shape index (κ2) is 23.7. The van der Waals surface area contributed by atoms with E-state index in [4.69, 9.17) is 4.74 Å². The molecular formula is C34H59NO2. The predicted molar refractivity (Wildman–Crippen MR) is 159 cm³/mol. The molecule has 1 aliphatic rings. The lowest BCUT2D eigenvalue weighted by molar-refractivity contribution is -0.162. The van der Waals surface area contributed by atoms with Crippen molar-refractivity contribution in [1.29, 1.82) is 0 Å². The lowest BCUT2D eigenvalue weighted by atomic mass is 9.83. The smallest absolute Gasteiger partial charge is 0.306 e. The fourth-order valence-corrected chi connectivity index (χ4v) is 5.23. The van der Waals surface area contributed by atoms with E-state index in [1.54, 1.807) is 0 Å². The summed E-state index contributed by atoms with van der Waals surface area (Å²) in [6, 6.07) is 0. The van der Waals surface area contributed by atoms with Crippen LogP contribution in [0.4, 0.5) is 0 Å². The largest absolute Gasteiger partial charge is 0.459 e. The Labute approximate surface area is 231 Å². The third-order valence-electron chi connectivity index (χ3n) is 7.78. The van der Waals surface area contributed by atoms with E-state index in [9.17, 15) is 4.79 Å². The Kier molecular flexibility index (Phi) is 21.5. The number of ether oxygens (including phenoxy) is 1. The summed E-state index contributed by atoms with van der Waals surface area (Å²) in [5.41, 5.74) is -0.336. The van der Waals surface area contributed by atoms with Crippen molar-refractivity contribution in [3.63, 3.8) is 0 Å². The predicted octanol–water partition coefficient (Wildman–Crippen LogP) is 9.14. The molecule has 0 aromatic rings. The third-order valence-corrected chi connectivity index (χ3v) is 7.78. The van der Waals surface area contributed by atoms with Gasteiger partial charge in [-0.1, -0.05) is 109 Å². The molecule has 212 valence electrons. The lowest BCUT2D eigenvalue weighted by Crippen LogP contribution is -2.42. The van der Waals surface area contributed by atoms with Crippen LogP contribution in [0.3, 0.4) is 0 Å². The first-order valence-electron chi connectivity index (χ1n) is 15.9. The number of rotatable bonds is 21. The van der Waals surface area contributed by atoms with Crippen LogP contribution in [0.1, 0.15) is 162 Å². The van der Waals surface area contributed by atoms with Crippen molar-refractivity contribution in [1.82, 2.24) is 5.32 Å². The minimum atomic E-state index is -0.336. The van der Waals surface area contributed by atoms with Gasteiger partial charge in [0.2, 0.25) is 0 Å². The van der Waals surface area contributed by atoms with E-state index in [1.165, 1.54) is 89.9 Å². The summed E-state index contributed by atoms with van der Waals surface area (Å²) < 4.78 is 5.83.